The van der Waals surface area contributed by atoms with Crippen molar-refractivity contribution < 1.29 is 9.53 Å². The molecular weight excluding hydrogens is 320 g/mol. The molecule has 1 amide bonds. The second-order valence-electron chi connectivity index (χ2n) is 5.38. The average Bonchev–Trinajstić information content (AvgIpc) is 2.47. The lowest BCUT2D eigenvalue weighted by atomic mass is 10.0. The summed E-state index contributed by atoms with van der Waals surface area (Å²) in [4.78, 5) is 14.0. The molecule has 1 aromatic carbocycles. The van der Waals surface area contributed by atoms with Crippen molar-refractivity contribution in [2.45, 2.75) is 31.7 Å². The molecule has 2 aliphatic heterocycles. The van der Waals surface area contributed by atoms with Crippen LogP contribution >= 0.6 is 15.9 Å². The Morgan fingerprint density at radius 2 is 2.30 bits per heavy atom. The molecule has 4 nitrogen and oxygen atoms in total. The number of ether oxygens (including phenoxy) is 1. The number of fused-ring (bicyclic) bond motifs is 1. The molecular formula is C15H19BrN2O2. The largest absolute Gasteiger partial charge is 0.482 e. The van der Waals surface area contributed by atoms with Crippen LogP contribution in [0.1, 0.15) is 25.7 Å². The van der Waals surface area contributed by atoms with Crippen molar-refractivity contribution in [2.24, 2.45) is 0 Å². The van der Waals surface area contributed by atoms with E-state index in [-0.39, 0.29) is 12.5 Å². The summed E-state index contributed by atoms with van der Waals surface area (Å²) in [6, 6.07) is 6.35. The number of carbonyl (C=O) groups excluding carboxylic acids is 1. The summed E-state index contributed by atoms with van der Waals surface area (Å²) in [7, 11) is 0. The molecule has 0 saturated carbocycles. The van der Waals surface area contributed by atoms with Gasteiger partial charge in [-0.2, -0.15) is 0 Å². The zero-order valence-corrected chi connectivity index (χ0v) is 13.0. The third kappa shape index (κ3) is 2.99. The van der Waals surface area contributed by atoms with Crippen molar-refractivity contribution in [3.63, 3.8) is 0 Å². The Morgan fingerprint density at radius 3 is 3.10 bits per heavy atom. The Hall–Kier alpha value is -1.07. The minimum absolute atomic E-state index is 0.0476. The Kier molecular flexibility index (Phi) is 4.27. The molecule has 5 heteroatoms. The van der Waals surface area contributed by atoms with Crippen LogP contribution in [0.3, 0.4) is 0 Å². The number of anilines is 1. The number of hydrogen-bond acceptors (Lipinski definition) is 3. The second kappa shape index (κ2) is 6.14. The number of piperidine rings is 1. The Labute approximate surface area is 127 Å². The molecule has 1 aromatic rings. The van der Waals surface area contributed by atoms with Crippen LogP contribution in [0, 0.1) is 0 Å². The minimum Gasteiger partial charge on any atom is -0.482 e. The van der Waals surface area contributed by atoms with Crippen LogP contribution in [0.5, 0.6) is 5.75 Å². The van der Waals surface area contributed by atoms with E-state index in [0.29, 0.717) is 6.04 Å². The maximum absolute atomic E-state index is 12.1. The zero-order chi connectivity index (χ0) is 13.9. The fourth-order valence-corrected chi connectivity index (χ4v) is 3.22. The Bertz CT molecular complexity index is 501. The third-order valence-corrected chi connectivity index (χ3v) is 4.47. The van der Waals surface area contributed by atoms with Gasteiger partial charge < -0.3 is 15.0 Å². The van der Waals surface area contributed by atoms with Crippen molar-refractivity contribution in [3.8, 4) is 5.75 Å². The molecule has 3 rings (SSSR count). The fraction of sp³-hybridized carbons (Fsp3) is 0.533. The molecule has 1 unspecified atom stereocenters. The lowest BCUT2D eigenvalue weighted by Gasteiger charge is -2.32. The molecule has 1 fully saturated rings. The first-order valence-corrected chi connectivity index (χ1v) is 7.99. The van der Waals surface area contributed by atoms with Crippen LogP contribution in [0.15, 0.2) is 22.7 Å². The van der Waals surface area contributed by atoms with Gasteiger partial charge in [-0.05, 0) is 44.0 Å². The number of nitrogens with one attached hydrogen (secondary N) is 1. The number of rotatable bonds is 3. The first-order valence-electron chi connectivity index (χ1n) is 7.20. The van der Waals surface area contributed by atoms with E-state index in [9.17, 15) is 4.79 Å². The number of amides is 1. The van der Waals surface area contributed by atoms with Gasteiger partial charge in [-0.3, -0.25) is 4.79 Å². The first-order chi connectivity index (χ1) is 9.74. The Balaban J connectivity index is 1.71. The molecule has 108 valence electrons. The maximum Gasteiger partial charge on any atom is 0.265 e. The summed E-state index contributed by atoms with van der Waals surface area (Å²) < 4.78 is 6.45. The van der Waals surface area contributed by atoms with E-state index >= 15 is 0 Å². The smallest absolute Gasteiger partial charge is 0.265 e. The van der Waals surface area contributed by atoms with E-state index < -0.39 is 0 Å². The molecule has 0 bridgehead atoms. The molecule has 20 heavy (non-hydrogen) atoms. The van der Waals surface area contributed by atoms with Crippen LogP contribution in [0.4, 0.5) is 5.69 Å². The SMILES string of the molecule is O=C1COc2ccc(Br)cc2N1CCC1CCCCN1. The molecule has 1 N–H and O–H groups in total. The van der Waals surface area contributed by atoms with E-state index in [1.54, 1.807) is 0 Å². The van der Waals surface area contributed by atoms with Gasteiger partial charge in [0.1, 0.15) is 5.75 Å². The summed E-state index contributed by atoms with van der Waals surface area (Å²) in [5.41, 5.74) is 0.881. The maximum atomic E-state index is 12.1. The topological polar surface area (TPSA) is 41.6 Å². The first kappa shape index (κ1) is 13.9. The summed E-state index contributed by atoms with van der Waals surface area (Å²) in [6.07, 6.45) is 4.77. The number of carbonyl (C=O) groups is 1. The van der Waals surface area contributed by atoms with Gasteiger partial charge in [0.15, 0.2) is 6.61 Å². The highest BCUT2D eigenvalue weighted by molar-refractivity contribution is 9.10. The molecule has 2 aliphatic rings. The van der Waals surface area contributed by atoms with Crippen LogP contribution < -0.4 is 15.0 Å². The summed E-state index contributed by atoms with van der Waals surface area (Å²) in [5, 5.41) is 3.53. The van der Waals surface area contributed by atoms with Crippen molar-refractivity contribution in [2.75, 3.05) is 24.6 Å². The van der Waals surface area contributed by atoms with Gasteiger partial charge in [0.05, 0.1) is 5.69 Å². The zero-order valence-electron chi connectivity index (χ0n) is 11.4. The third-order valence-electron chi connectivity index (χ3n) is 3.98. The number of hydrogen-bond donors (Lipinski definition) is 1. The van der Waals surface area contributed by atoms with Gasteiger partial charge in [-0.25, -0.2) is 0 Å². The minimum atomic E-state index is 0.0476. The highest BCUT2D eigenvalue weighted by Gasteiger charge is 2.26. The van der Waals surface area contributed by atoms with E-state index in [2.05, 4.69) is 21.2 Å². The predicted octanol–water partition coefficient (Wildman–Crippen LogP) is 2.71. The van der Waals surface area contributed by atoms with E-state index in [0.717, 1.165) is 35.4 Å². The Morgan fingerprint density at radius 1 is 1.40 bits per heavy atom. The van der Waals surface area contributed by atoms with Crippen LogP contribution in [-0.2, 0) is 4.79 Å². The second-order valence-corrected chi connectivity index (χ2v) is 6.30. The van der Waals surface area contributed by atoms with Crippen molar-refractivity contribution in [3.05, 3.63) is 22.7 Å². The van der Waals surface area contributed by atoms with Gasteiger partial charge >= 0.3 is 0 Å². The fourth-order valence-electron chi connectivity index (χ4n) is 2.88. The molecule has 2 heterocycles. The van der Waals surface area contributed by atoms with Gasteiger partial charge in [0, 0.05) is 17.1 Å². The van der Waals surface area contributed by atoms with E-state index in [1.165, 1.54) is 19.3 Å². The van der Waals surface area contributed by atoms with Gasteiger partial charge in [0.25, 0.3) is 5.91 Å². The quantitative estimate of drug-likeness (QED) is 0.921. The highest BCUT2D eigenvalue weighted by Crippen LogP contribution is 2.34. The molecule has 0 radical (unpaired) electrons. The molecule has 0 aromatic heterocycles. The number of nitrogens with zero attached hydrogens (tertiary/aromatic N) is 1. The summed E-state index contributed by atoms with van der Waals surface area (Å²) >= 11 is 3.46. The van der Waals surface area contributed by atoms with Crippen LogP contribution in [0.2, 0.25) is 0 Å². The number of halogens is 1. The summed E-state index contributed by atoms with van der Waals surface area (Å²) in [5.74, 6) is 0.843. The van der Waals surface area contributed by atoms with Crippen LogP contribution in [-0.4, -0.2) is 31.6 Å². The van der Waals surface area contributed by atoms with E-state index in [4.69, 9.17) is 4.74 Å². The lowest BCUT2D eigenvalue weighted by molar-refractivity contribution is -0.121. The molecule has 0 aliphatic carbocycles. The number of benzene rings is 1. The van der Waals surface area contributed by atoms with Crippen molar-refractivity contribution in [1.82, 2.24) is 5.32 Å². The van der Waals surface area contributed by atoms with Crippen molar-refractivity contribution >= 4 is 27.5 Å². The normalized spacial score (nSPS) is 22.4. The summed E-state index contributed by atoms with van der Waals surface area (Å²) in [6.45, 7) is 2.00. The highest BCUT2D eigenvalue weighted by atomic mass is 79.9. The molecule has 1 atom stereocenters. The lowest BCUT2D eigenvalue weighted by Crippen LogP contribution is -2.43. The molecule has 0 spiro atoms. The van der Waals surface area contributed by atoms with Gasteiger partial charge in [-0.1, -0.05) is 22.4 Å². The van der Waals surface area contributed by atoms with E-state index in [1.807, 2.05) is 23.1 Å². The van der Waals surface area contributed by atoms with Crippen LogP contribution in [0.25, 0.3) is 0 Å². The molecule has 1 saturated heterocycles. The standard InChI is InChI=1S/C15H19BrN2O2/c16-11-4-5-14-13(9-11)18(15(19)10-20-14)8-6-12-3-1-2-7-17-12/h4-5,9,12,17H,1-3,6-8,10H2. The van der Waals surface area contributed by atoms with Gasteiger partial charge in [-0.15, -0.1) is 0 Å². The average molecular weight is 339 g/mol. The van der Waals surface area contributed by atoms with Gasteiger partial charge in [0.2, 0.25) is 0 Å². The predicted molar refractivity (Wildman–Crippen MR) is 82.2 cm³/mol. The monoisotopic (exact) mass is 338 g/mol. The van der Waals surface area contributed by atoms with Crippen molar-refractivity contribution in [1.29, 1.82) is 0 Å².